The van der Waals surface area contributed by atoms with Gasteiger partial charge in [0, 0.05) is 5.54 Å². The van der Waals surface area contributed by atoms with Gasteiger partial charge in [0.1, 0.15) is 5.54 Å². The standard InChI is InChI=1S/C18H25NO3/c1-2-22-16(21)17-10-6-9-15(20)13-18(19-17,12-11-17)14-7-4-3-5-8-14/h3-5,7-8,15,19-20H,2,6,9-13H2,1H3/t15-,17+,18+/m0/s1. The third-order valence-corrected chi connectivity index (χ3v) is 5.17. The van der Waals surface area contributed by atoms with E-state index in [0.717, 1.165) is 37.7 Å². The number of esters is 1. The Bertz CT molecular complexity index is 532. The molecule has 2 saturated heterocycles. The number of rotatable bonds is 3. The van der Waals surface area contributed by atoms with Gasteiger partial charge >= 0.3 is 5.97 Å². The van der Waals surface area contributed by atoms with Crippen molar-refractivity contribution >= 4 is 5.97 Å². The average Bonchev–Trinajstić information content (AvgIpc) is 2.90. The van der Waals surface area contributed by atoms with Gasteiger partial charge in [-0.1, -0.05) is 30.3 Å². The van der Waals surface area contributed by atoms with Gasteiger partial charge in [-0.25, -0.2) is 0 Å². The second-order valence-corrected chi connectivity index (χ2v) is 6.63. The molecule has 0 aliphatic carbocycles. The predicted octanol–water partition coefficient (Wildman–Crippen LogP) is 2.50. The van der Waals surface area contributed by atoms with Crippen LogP contribution in [0.5, 0.6) is 0 Å². The monoisotopic (exact) mass is 303 g/mol. The highest BCUT2D eigenvalue weighted by Gasteiger charge is 2.54. The van der Waals surface area contributed by atoms with Gasteiger partial charge in [0.2, 0.25) is 0 Å². The van der Waals surface area contributed by atoms with Crippen molar-refractivity contribution in [2.24, 2.45) is 0 Å². The third kappa shape index (κ3) is 2.66. The third-order valence-electron chi connectivity index (χ3n) is 5.17. The van der Waals surface area contributed by atoms with E-state index in [9.17, 15) is 9.90 Å². The van der Waals surface area contributed by atoms with E-state index in [2.05, 4.69) is 17.4 Å². The first-order valence-corrected chi connectivity index (χ1v) is 8.30. The van der Waals surface area contributed by atoms with E-state index in [-0.39, 0.29) is 17.6 Å². The summed E-state index contributed by atoms with van der Waals surface area (Å²) in [6.07, 6.45) is 4.27. The van der Waals surface area contributed by atoms with Crippen molar-refractivity contribution in [1.82, 2.24) is 5.32 Å². The highest BCUT2D eigenvalue weighted by Crippen LogP contribution is 2.46. The van der Waals surface area contributed by atoms with Crippen molar-refractivity contribution < 1.29 is 14.6 Å². The maximum Gasteiger partial charge on any atom is 0.326 e. The fourth-order valence-electron chi connectivity index (χ4n) is 4.11. The van der Waals surface area contributed by atoms with Crippen molar-refractivity contribution in [1.29, 1.82) is 0 Å². The van der Waals surface area contributed by atoms with Crippen molar-refractivity contribution in [2.75, 3.05) is 6.61 Å². The molecule has 0 spiro atoms. The molecule has 2 fully saturated rings. The second-order valence-electron chi connectivity index (χ2n) is 6.63. The summed E-state index contributed by atoms with van der Waals surface area (Å²) in [4.78, 5) is 12.6. The number of hydrogen-bond donors (Lipinski definition) is 2. The van der Waals surface area contributed by atoms with Gasteiger partial charge in [-0.2, -0.15) is 0 Å². The van der Waals surface area contributed by atoms with Crippen LogP contribution < -0.4 is 5.32 Å². The molecule has 3 rings (SSSR count). The van der Waals surface area contributed by atoms with Crippen LogP contribution in [0.4, 0.5) is 0 Å². The van der Waals surface area contributed by atoms with Gasteiger partial charge < -0.3 is 9.84 Å². The van der Waals surface area contributed by atoms with Gasteiger partial charge in [0.05, 0.1) is 12.7 Å². The first-order chi connectivity index (χ1) is 10.6. The molecule has 1 aromatic carbocycles. The van der Waals surface area contributed by atoms with E-state index < -0.39 is 5.54 Å². The molecule has 120 valence electrons. The minimum atomic E-state index is -0.591. The van der Waals surface area contributed by atoms with Crippen molar-refractivity contribution in [3.63, 3.8) is 0 Å². The van der Waals surface area contributed by atoms with Crippen molar-refractivity contribution in [3.05, 3.63) is 35.9 Å². The summed E-state index contributed by atoms with van der Waals surface area (Å²) in [6, 6.07) is 10.2. The number of carbonyl (C=O) groups excluding carboxylic acids is 1. The largest absolute Gasteiger partial charge is 0.465 e. The average molecular weight is 303 g/mol. The Morgan fingerprint density at radius 3 is 2.82 bits per heavy atom. The number of aliphatic hydroxyl groups is 1. The molecule has 2 heterocycles. The molecule has 1 aromatic rings. The van der Waals surface area contributed by atoms with Crippen LogP contribution in [-0.4, -0.2) is 29.3 Å². The van der Waals surface area contributed by atoms with Gasteiger partial charge in [-0.15, -0.1) is 0 Å². The van der Waals surface area contributed by atoms with Crippen molar-refractivity contribution in [2.45, 2.75) is 62.6 Å². The van der Waals surface area contributed by atoms with E-state index in [1.807, 2.05) is 25.1 Å². The zero-order valence-electron chi connectivity index (χ0n) is 13.2. The summed E-state index contributed by atoms with van der Waals surface area (Å²) in [5, 5.41) is 13.9. The molecular formula is C18H25NO3. The molecule has 0 unspecified atom stereocenters. The minimum Gasteiger partial charge on any atom is -0.465 e. The van der Waals surface area contributed by atoms with E-state index in [0.29, 0.717) is 13.0 Å². The molecule has 4 heteroatoms. The highest BCUT2D eigenvalue weighted by atomic mass is 16.5. The molecule has 0 saturated carbocycles. The van der Waals surface area contributed by atoms with Crippen LogP contribution in [0.3, 0.4) is 0 Å². The molecule has 2 N–H and O–H groups in total. The Labute approximate surface area is 131 Å². The van der Waals surface area contributed by atoms with E-state index in [1.165, 1.54) is 0 Å². The lowest BCUT2D eigenvalue weighted by atomic mass is 9.82. The molecule has 2 aliphatic heterocycles. The zero-order valence-corrected chi connectivity index (χ0v) is 13.2. The van der Waals surface area contributed by atoms with Crippen LogP contribution in [0.25, 0.3) is 0 Å². The van der Waals surface area contributed by atoms with Crippen LogP contribution in [-0.2, 0) is 15.1 Å². The molecule has 0 aromatic heterocycles. The number of carbonyl (C=O) groups is 1. The van der Waals surface area contributed by atoms with E-state index in [1.54, 1.807) is 0 Å². The Morgan fingerprint density at radius 1 is 1.32 bits per heavy atom. The fourth-order valence-corrected chi connectivity index (χ4v) is 4.11. The Morgan fingerprint density at radius 2 is 2.09 bits per heavy atom. The van der Waals surface area contributed by atoms with Crippen LogP contribution in [0, 0.1) is 0 Å². The Kier molecular flexibility index (Phi) is 4.24. The zero-order chi connectivity index (χ0) is 15.6. The molecule has 22 heavy (non-hydrogen) atoms. The maximum atomic E-state index is 12.6. The van der Waals surface area contributed by atoms with Crippen LogP contribution in [0.2, 0.25) is 0 Å². The van der Waals surface area contributed by atoms with Gasteiger partial charge in [0.15, 0.2) is 0 Å². The Balaban J connectivity index is 1.96. The summed E-state index contributed by atoms with van der Waals surface area (Å²) in [5.74, 6) is -0.135. The molecule has 2 bridgehead atoms. The first kappa shape index (κ1) is 15.5. The Hall–Kier alpha value is -1.39. The van der Waals surface area contributed by atoms with E-state index >= 15 is 0 Å². The molecular weight excluding hydrogens is 278 g/mol. The first-order valence-electron chi connectivity index (χ1n) is 8.30. The summed E-state index contributed by atoms with van der Waals surface area (Å²) in [7, 11) is 0. The number of hydrogen-bond acceptors (Lipinski definition) is 4. The number of ether oxygens (including phenoxy) is 1. The summed E-state index contributed by atoms with van der Waals surface area (Å²) in [6.45, 7) is 2.25. The number of fused-ring (bicyclic) bond motifs is 2. The lowest BCUT2D eigenvalue weighted by Gasteiger charge is -2.39. The quantitative estimate of drug-likeness (QED) is 0.842. The van der Waals surface area contributed by atoms with E-state index in [4.69, 9.17) is 4.74 Å². The fraction of sp³-hybridized carbons (Fsp3) is 0.611. The van der Waals surface area contributed by atoms with Gasteiger partial charge in [0.25, 0.3) is 0 Å². The van der Waals surface area contributed by atoms with Crippen LogP contribution >= 0.6 is 0 Å². The molecule has 0 amide bonds. The van der Waals surface area contributed by atoms with Gasteiger partial charge in [-0.05, 0) is 51.0 Å². The summed E-state index contributed by atoms with van der Waals surface area (Å²) < 4.78 is 5.34. The van der Waals surface area contributed by atoms with Crippen LogP contribution in [0.1, 0.15) is 51.0 Å². The smallest absolute Gasteiger partial charge is 0.326 e. The topological polar surface area (TPSA) is 58.6 Å². The molecule has 0 radical (unpaired) electrons. The van der Waals surface area contributed by atoms with Gasteiger partial charge in [-0.3, -0.25) is 10.1 Å². The lowest BCUT2D eigenvalue weighted by molar-refractivity contribution is -0.151. The lowest BCUT2D eigenvalue weighted by Crippen LogP contribution is -2.56. The second kappa shape index (κ2) is 6.01. The maximum absolute atomic E-state index is 12.6. The minimum absolute atomic E-state index is 0.135. The molecule has 3 atom stereocenters. The van der Waals surface area contributed by atoms with Crippen molar-refractivity contribution in [3.8, 4) is 0 Å². The predicted molar refractivity (Wildman–Crippen MR) is 84.3 cm³/mol. The molecule has 4 nitrogen and oxygen atoms in total. The normalized spacial score (nSPS) is 34.7. The highest BCUT2D eigenvalue weighted by molar-refractivity contribution is 5.81. The summed E-state index contributed by atoms with van der Waals surface area (Å²) >= 11 is 0. The van der Waals surface area contributed by atoms with Crippen LogP contribution in [0.15, 0.2) is 30.3 Å². The number of aliphatic hydroxyl groups excluding tert-OH is 1. The number of nitrogens with one attached hydrogen (secondary N) is 1. The summed E-state index contributed by atoms with van der Waals surface area (Å²) in [5.41, 5.74) is 0.238. The number of benzene rings is 1. The molecule has 2 aliphatic rings. The SMILES string of the molecule is CCOC(=O)[C@@]12CCC[C@H](O)C[C@@](c3ccccc3)(CC1)N2.